The molecule has 0 aromatic heterocycles. The maximum absolute atomic E-state index is 11.1. The van der Waals surface area contributed by atoms with Crippen molar-refractivity contribution < 1.29 is 9.53 Å². The van der Waals surface area contributed by atoms with Crippen LogP contribution in [0.1, 0.15) is 32.1 Å². The van der Waals surface area contributed by atoms with Gasteiger partial charge >= 0.3 is 5.97 Å². The average molecular weight is 197 g/mol. The van der Waals surface area contributed by atoms with Crippen LogP contribution in [0.5, 0.6) is 0 Å². The summed E-state index contributed by atoms with van der Waals surface area (Å²) in [4.78, 5) is 13.3. The minimum absolute atomic E-state index is 0.102. The van der Waals surface area contributed by atoms with Gasteiger partial charge in [0.05, 0.1) is 13.7 Å². The van der Waals surface area contributed by atoms with Gasteiger partial charge in [-0.25, -0.2) is 0 Å². The Bertz CT molecular complexity index is 213. The predicted octanol–water partition coefficient (Wildman–Crippen LogP) is 1.43. The maximum atomic E-state index is 11.1. The van der Waals surface area contributed by atoms with E-state index in [1.54, 1.807) is 0 Å². The number of piperidine rings is 1. The lowest BCUT2D eigenvalue weighted by molar-refractivity contribution is -0.142. The zero-order valence-corrected chi connectivity index (χ0v) is 8.92. The number of methoxy groups -OCH3 is 1. The molecule has 3 heteroatoms. The Morgan fingerprint density at radius 3 is 2.36 bits per heavy atom. The fourth-order valence-electron chi connectivity index (χ4n) is 2.61. The second-order valence-corrected chi connectivity index (χ2v) is 4.71. The maximum Gasteiger partial charge on any atom is 0.319 e. The van der Waals surface area contributed by atoms with E-state index in [0.29, 0.717) is 12.0 Å². The molecular formula is C11H19NO2. The van der Waals surface area contributed by atoms with Crippen LogP contribution in [0.15, 0.2) is 0 Å². The zero-order chi connectivity index (χ0) is 10.0. The van der Waals surface area contributed by atoms with Crippen LogP contribution < -0.4 is 0 Å². The van der Waals surface area contributed by atoms with Gasteiger partial charge in [0.2, 0.25) is 0 Å². The van der Waals surface area contributed by atoms with Gasteiger partial charge in [-0.05, 0) is 44.2 Å². The predicted molar refractivity (Wildman–Crippen MR) is 54.0 cm³/mol. The number of hydrogen-bond acceptors (Lipinski definition) is 3. The van der Waals surface area contributed by atoms with E-state index in [9.17, 15) is 4.79 Å². The summed E-state index contributed by atoms with van der Waals surface area (Å²) in [6.45, 7) is 2.64. The highest BCUT2D eigenvalue weighted by atomic mass is 16.5. The molecule has 2 rings (SSSR count). The van der Waals surface area contributed by atoms with Gasteiger partial charge in [0.1, 0.15) is 0 Å². The molecule has 1 aliphatic carbocycles. The van der Waals surface area contributed by atoms with Crippen LogP contribution in [0.4, 0.5) is 0 Å². The SMILES string of the molecule is COC(=O)CN1CCC2(CCC2)CC1. The Balaban J connectivity index is 1.75. The topological polar surface area (TPSA) is 29.5 Å². The highest BCUT2D eigenvalue weighted by molar-refractivity contribution is 5.71. The molecule has 0 atom stereocenters. The van der Waals surface area contributed by atoms with Crippen molar-refractivity contribution in [2.45, 2.75) is 32.1 Å². The van der Waals surface area contributed by atoms with E-state index >= 15 is 0 Å². The fraction of sp³-hybridized carbons (Fsp3) is 0.909. The first-order chi connectivity index (χ1) is 6.74. The molecule has 80 valence electrons. The Hall–Kier alpha value is -0.570. The standard InChI is InChI=1S/C11H19NO2/c1-14-10(13)9-12-7-5-11(6-8-12)3-2-4-11/h2-9H2,1H3. The van der Waals surface area contributed by atoms with Crippen LogP contribution in [0.3, 0.4) is 0 Å². The third-order valence-corrected chi connectivity index (χ3v) is 3.91. The summed E-state index contributed by atoms with van der Waals surface area (Å²) in [6.07, 6.45) is 6.81. The summed E-state index contributed by atoms with van der Waals surface area (Å²) < 4.78 is 4.66. The third kappa shape index (κ3) is 1.92. The van der Waals surface area contributed by atoms with Crippen LogP contribution in [-0.2, 0) is 9.53 Å². The molecule has 1 spiro atoms. The van der Waals surface area contributed by atoms with Gasteiger partial charge in [0.15, 0.2) is 0 Å². The lowest BCUT2D eigenvalue weighted by Crippen LogP contribution is -2.45. The Kier molecular flexibility index (Phi) is 2.77. The number of carbonyl (C=O) groups is 1. The second kappa shape index (κ2) is 3.89. The molecule has 0 amide bonds. The second-order valence-electron chi connectivity index (χ2n) is 4.71. The van der Waals surface area contributed by atoms with Gasteiger partial charge in [-0.15, -0.1) is 0 Å². The summed E-state index contributed by atoms with van der Waals surface area (Å²) >= 11 is 0. The molecule has 1 aliphatic heterocycles. The lowest BCUT2D eigenvalue weighted by Gasteiger charge is -2.47. The Morgan fingerprint density at radius 2 is 1.93 bits per heavy atom. The van der Waals surface area contributed by atoms with Crippen molar-refractivity contribution in [3.8, 4) is 0 Å². The van der Waals surface area contributed by atoms with Gasteiger partial charge < -0.3 is 4.74 Å². The van der Waals surface area contributed by atoms with E-state index in [2.05, 4.69) is 9.64 Å². The molecule has 0 radical (unpaired) electrons. The third-order valence-electron chi connectivity index (χ3n) is 3.91. The molecule has 0 unspecified atom stereocenters. The van der Waals surface area contributed by atoms with Crippen molar-refractivity contribution in [2.24, 2.45) is 5.41 Å². The lowest BCUT2D eigenvalue weighted by atomic mass is 9.63. The summed E-state index contributed by atoms with van der Waals surface area (Å²) in [5, 5.41) is 0. The van der Waals surface area contributed by atoms with Gasteiger partial charge in [-0.1, -0.05) is 6.42 Å². The largest absolute Gasteiger partial charge is 0.468 e. The first-order valence-corrected chi connectivity index (χ1v) is 5.53. The smallest absolute Gasteiger partial charge is 0.319 e. The average Bonchev–Trinajstić information content (AvgIpc) is 2.16. The summed E-state index contributed by atoms with van der Waals surface area (Å²) in [5.74, 6) is -0.102. The van der Waals surface area contributed by atoms with Crippen molar-refractivity contribution in [3.63, 3.8) is 0 Å². The number of esters is 1. The quantitative estimate of drug-likeness (QED) is 0.627. The summed E-state index contributed by atoms with van der Waals surface area (Å²) in [5.41, 5.74) is 0.673. The molecule has 0 aromatic carbocycles. The van der Waals surface area contributed by atoms with E-state index in [1.165, 1.54) is 39.2 Å². The van der Waals surface area contributed by atoms with E-state index in [1.807, 2.05) is 0 Å². The first kappa shape index (κ1) is 9.97. The van der Waals surface area contributed by atoms with Crippen LogP contribution in [-0.4, -0.2) is 37.6 Å². The first-order valence-electron chi connectivity index (χ1n) is 5.53. The van der Waals surface area contributed by atoms with E-state index in [-0.39, 0.29) is 5.97 Å². The Morgan fingerprint density at radius 1 is 1.29 bits per heavy atom. The molecular weight excluding hydrogens is 178 g/mol. The van der Waals surface area contributed by atoms with Crippen LogP contribution in [0, 0.1) is 5.41 Å². The van der Waals surface area contributed by atoms with Crippen LogP contribution in [0.25, 0.3) is 0 Å². The normalized spacial score (nSPS) is 25.8. The molecule has 2 aliphatic rings. The Labute approximate surface area is 85.4 Å². The molecule has 0 aromatic rings. The van der Waals surface area contributed by atoms with Gasteiger partial charge in [-0.2, -0.15) is 0 Å². The minimum atomic E-state index is -0.102. The monoisotopic (exact) mass is 197 g/mol. The number of ether oxygens (including phenoxy) is 1. The number of likely N-dealkylation sites (tertiary alicyclic amines) is 1. The number of carbonyl (C=O) groups excluding carboxylic acids is 1. The summed E-state index contributed by atoms with van der Waals surface area (Å²) in [7, 11) is 1.46. The minimum Gasteiger partial charge on any atom is -0.468 e. The zero-order valence-electron chi connectivity index (χ0n) is 8.92. The van der Waals surface area contributed by atoms with Crippen molar-refractivity contribution >= 4 is 5.97 Å². The molecule has 14 heavy (non-hydrogen) atoms. The molecule has 2 fully saturated rings. The van der Waals surface area contributed by atoms with E-state index < -0.39 is 0 Å². The van der Waals surface area contributed by atoms with E-state index in [0.717, 1.165) is 13.1 Å². The van der Waals surface area contributed by atoms with E-state index in [4.69, 9.17) is 0 Å². The fourth-order valence-corrected chi connectivity index (χ4v) is 2.61. The summed E-state index contributed by atoms with van der Waals surface area (Å²) in [6, 6.07) is 0. The van der Waals surface area contributed by atoms with Gasteiger partial charge in [0, 0.05) is 0 Å². The molecule has 0 bridgehead atoms. The molecule has 1 saturated carbocycles. The molecule has 1 saturated heterocycles. The van der Waals surface area contributed by atoms with Crippen molar-refractivity contribution in [1.82, 2.24) is 4.90 Å². The van der Waals surface area contributed by atoms with Gasteiger partial charge in [-0.3, -0.25) is 9.69 Å². The van der Waals surface area contributed by atoms with Crippen molar-refractivity contribution in [2.75, 3.05) is 26.7 Å². The van der Waals surface area contributed by atoms with Crippen molar-refractivity contribution in [3.05, 3.63) is 0 Å². The molecule has 1 heterocycles. The van der Waals surface area contributed by atoms with Crippen LogP contribution in [0.2, 0.25) is 0 Å². The van der Waals surface area contributed by atoms with Crippen molar-refractivity contribution in [1.29, 1.82) is 0 Å². The molecule has 3 nitrogen and oxygen atoms in total. The van der Waals surface area contributed by atoms with Crippen LogP contribution >= 0.6 is 0 Å². The molecule has 0 N–H and O–H groups in total. The number of rotatable bonds is 2. The number of hydrogen-bond donors (Lipinski definition) is 0. The highest BCUT2D eigenvalue weighted by Crippen LogP contribution is 2.48. The highest BCUT2D eigenvalue weighted by Gasteiger charge is 2.39. The number of nitrogens with zero attached hydrogens (tertiary/aromatic N) is 1. The van der Waals surface area contributed by atoms with Gasteiger partial charge in [0.25, 0.3) is 0 Å².